The minimum absolute atomic E-state index is 0.144. The molecule has 2 saturated carbocycles. The number of aromatic nitrogens is 1. The van der Waals surface area contributed by atoms with Gasteiger partial charge in [-0.15, -0.1) is 0 Å². The van der Waals surface area contributed by atoms with Crippen LogP contribution in [-0.4, -0.2) is 10.9 Å². The summed E-state index contributed by atoms with van der Waals surface area (Å²) in [5.74, 6) is 2.44. The highest BCUT2D eigenvalue weighted by atomic mass is 16.1. The molecule has 0 unspecified atom stereocenters. The summed E-state index contributed by atoms with van der Waals surface area (Å²) < 4.78 is 0. The predicted molar refractivity (Wildman–Crippen MR) is 83.9 cm³/mol. The van der Waals surface area contributed by atoms with Crippen LogP contribution >= 0.6 is 0 Å². The number of carbonyl (C=O) groups excluding carboxylic acids is 1. The van der Waals surface area contributed by atoms with Crippen LogP contribution in [0.2, 0.25) is 0 Å². The van der Waals surface area contributed by atoms with Crippen molar-refractivity contribution in [2.75, 3.05) is 5.32 Å². The topological polar surface area (TPSA) is 42.0 Å². The number of anilines is 1. The van der Waals surface area contributed by atoms with Crippen molar-refractivity contribution in [1.29, 1.82) is 0 Å². The standard InChI is InChI=1S/C18H20N2O/c21-17(11-15-10-12-6-7-14(15)9-12)20-16-5-1-3-13-4-2-8-19-18(13)16/h1-5,8,12,14-15H,6-7,9-11H2,(H,20,21)/t12-,14-,15-/m1/s1. The molecule has 3 nitrogen and oxygen atoms in total. The summed E-state index contributed by atoms with van der Waals surface area (Å²) in [4.78, 5) is 16.7. The van der Waals surface area contributed by atoms with E-state index in [0.717, 1.165) is 28.4 Å². The van der Waals surface area contributed by atoms with Crippen LogP contribution in [0, 0.1) is 17.8 Å². The molecule has 2 aliphatic carbocycles. The number of hydrogen-bond acceptors (Lipinski definition) is 2. The highest BCUT2D eigenvalue weighted by molar-refractivity contribution is 6.00. The quantitative estimate of drug-likeness (QED) is 0.923. The van der Waals surface area contributed by atoms with Gasteiger partial charge in [-0.3, -0.25) is 9.78 Å². The molecule has 2 aromatic rings. The Morgan fingerprint density at radius 2 is 2.10 bits per heavy atom. The van der Waals surface area contributed by atoms with Gasteiger partial charge in [-0.25, -0.2) is 0 Å². The van der Waals surface area contributed by atoms with E-state index in [9.17, 15) is 4.79 Å². The van der Waals surface area contributed by atoms with E-state index >= 15 is 0 Å². The Morgan fingerprint density at radius 1 is 1.19 bits per heavy atom. The second-order valence-electron chi connectivity index (χ2n) is 6.57. The highest BCUT2D eigenvalue weighted by Gasteiger charge is 2.40. The van der Waals surface area contributed by atoms with Crippen molar-refractivity contribution < 1.29 is 4.79 Å². The Balaban J connectivity index is 1.48. The van der Waals surface area contributed by atoms with Gasteiger partial charge in [-0.1, -0.05) is 24.6 Å². The molecule has 1 aromatic carbocycles. The van der Waals surface area contributed by atoms with Crippen LogP contribution in [0.15, 0.2) is 36.5 Å². The monoisotopic (exact) mass is 280 g/mol. The first-order valence-corrected chi connectivity index (χ1v) is 7.93. The summed E-state index contributed by atoms with van der Waals surface area (Å²) in [5.41, 5.74) is 1.71. The van der Waals surface area contributed by atoms with Crippen LogP contribution in [0.1, 0.15) is 32.1 Å². The Kier molecular flexibility index (Phi) is 3.13. The molecule has 1 heterocycles. The molecule has 2 aliphatic rings. The number of amides is 1. The van der Waals surface area contributed by atoms with Crippen LogP contribution in [-0.2, 0) is 4.79 Å². The summed E-state index contributed by atoms with van der Waals surface area (Å²) in [5, 5.41) is 4.13. The Labute approximate surface area is 124 Å². The lowest BCUT2D eigenvalue weighted by Crippen LogP contribution is -2.20. The summed E-state index contributed by atoms with van der Waals surface area (Å²) >= 11 is 0. The van der Waals surface area contributed by atoms with Crippen molar-refractivity contribution >= 4 is 22.5 Å². The van der Waals surface area contributed by atoms with Gasteiger partial charge in [0, 0.05) is 18.0 Å². The summed E-state index contributed by atoms with van der Waals surface area (Å²) in [6, 6.07) is 9.87. The van der Waals surface area contributed by atoms with Crippen molar-refractivity contribution in [2.45, 2.75) is 32.1 Å². The molecule has 2 bridgehead atoms. The molecule has 1 amide bonds. The first-order valence-electron chi connectivity index (χ1n) is 7.93. The largest absolute Gasteiger partial charge is 0.324 e. The Morgan fingerprint density at radius 3 is 2.90 bits per heavy atom. The molecule has 2 fully saturated rings. The number of pyridine rings is 1. The number of benzene rings is 1. The van der Waals surface area contributed by atoms with Crippen molar-refractivity contribution in [2.24, 2.45) is 17.8 Å². The third-order valence-electron chi connectivity index (χ3n) is 5.24. The van der Waals surface area contributed by atoms with Crippen molar-refractivity contribution in [1.82, 2.24) is 4.98 Å². The second-order valence-corrected chi connectivity index (χ2v) is 6.57. The first kappa shape index (κ1) is 12.8. The lowest BCUT2D eigenvalue weighted by molar-refractivity contribution is -0.117. The van der Waals surface area contributed by atoms with E-state index in [0.29, 0.717) is 12.3 Å². The minimum Gasteiger partial charge on any atom is -0.324 e. The molecule has 0 radical (unpaired) electrons. The molecule has 3 heteroatoms. The Hall–Kier alpha value is -1.90. The van der Waals surface area contributed by atoms with E-state index in [4.69, 9.17) is 0 Å². The molecular weight excluding hydrogens is 260 g/mol. The molecule has 1 N–H and O–H groups in total. The van der Waals surface area contributed by atoms with Crippen molar-refractivity contribution in [3.63, 3.8) is 0 Å². The SMILES string of the molecule is O=C(C[C@H]1C[C@@H]2CC[C@@H]1C2)Nc1cccc2cccnc12. The van der Waals surface area contributed by atoms with Crippen LogP contribution in [0.25, 0.3) is 10.9 Å². The van der Waals surface area contributed by atoms with Crippen LogP contribution in [0.3, 0.4) is 0 Å². The van der Waals surface area contributed by atoms with Gasteiger partial charge in [0.2, 0.25) is 5.91 Å². The average molecular weight is 280 g/mol. The maximum Gasteiger partial charge on any atom is 0.224 e. The number of para-hydroxylation sites is 1. The number of nitrogens with zero attached hydrogens (tertiary/aromatic N) is 1. The maximum atomic E-state index is 12.3. The zero-order valence-electron chi connectivity index (χ0n) is 12.1. The van der Waals surface area contributed by atoms with Gasteiger partial charge in [-0.05, 0) is 49.1 Å². The van der Waals surface area contributed by atoms with Gasteiger partial charge in [0.05, 0.1) is 11.2 Å². The highest BCUT2D eigenvalue weighted by Crippen LogP contribution is 2.49. The van der Waals surface area contributed by atoms with E-state index in [2.05, 4.69) is 10.3 Å². The van der Waals surface area contributed by atoms with Gasteiger partial charge >= 0.3 is 0 Å². The molecule has 21 heavy (non-hydrogen) atoms. The second kappa shape index (κ2) is 5.14. The number of rotatable bonds is 3. The fourth-order valence-electron chi connectivity index (χ4n) is 4.27. The molecule has 0 spiro atoms. The number of nitrogens with one attached hydrogen (secondary N) is 1. The number of fused-ring (bicyclic) bond motifs is 3. The molecule has 3 atom stereocenters. The first-order chi connectivity index (χ1) is 10.3. The van der Waals surface area contributed by atoms with E-state index < -0.39 is 0 Å². The van der Waals surface area contributed by atoms with Crippen LogP contribution in [0.5, 0.6) is 0 Å². The van der Waals surface area contributed by atoms with Gasteiger partial charge in [-0.2, -0.15) is 0 Å². The van der Waals surface area contributed by atoms with E-state index in [1.165, 1.54) is 25.7 Å². The molecule has 0 saturated heterocycles. The molecule has 0 aliphatic heterocycles. The van der Waals surface area contributed by atoms with Crippen molar-refractivity contribution in [3.8, 4) is 0 Å². The molecule has 1 aromatic heterocycles. The lowest BCUT2D eigenvalue weighted by Gasteiger charge is -2.21. The van der Waals surface area contributed by atoms with Gasteiger partial charge in [0.25, 0.3) is 0 Å². The third-order valence-corrected chi connectivity index (χ3v) is 5.24. The van der Waals surface area contributed by atoms with E-state index in [1.54, 1.807) is 6.20 Å². The lowest BCUT2D eigenvalue weighted by atomic mass is 9.86. The van der Waals surface area contributed by atoms with Gasteiger partial charge < -0.3 is 5.32 Å². The smallest absolute Gasteiger partial charge is 0.224 e. The zero-order chi connectivity index (χ0) is 14.2. The number of carbonyl (C=O) groups is 1. The summed E-state index contributed by atoms with van der Waals surface area (Å²) in [6.07, 6.45) is 7.77. The number of hydrogen-bond donors (Lipinski definition) is 1. The van der Waals surface area contributed by atoms with E-state index in [1.807, 2.05) is 30.3 Å². The van der Waals surface area contributed by atoms with Crippen molar-refractivity contribution in [3.05, 3.63) is 36.5 Å². The fraction of sp³-hybridized carbons (Fsp3) is 0.444. The van der Waals surface area contributed by atoms with Gasteiger partial charge in [0.1, 0.15) is 0 Å². The summed E-state index contributed by atoms with van der Waals surface area (Å²) in [7, 11) is 0. The van der Waals surface area contributed by atoms with E-state index in [-0.39, 0.29) is 5.91 Å². The molecular formula is C18H20N2O. The normalized spacial score (nSPS) is 27.1. The van der Waals surface area contributed by atoms with Crippen LogP contribution in [0.4, 0.5) is 5.69 Å². The summed E-state index contributed by atoms with van der Waals surface area (Å²) in [6.45, 7) is 0. The fourth-order valence-corrected chi connectivity index (χ4v) is 4.27. The molecule has 4 rings (SSSR count). The predicted octanol–water partition coefficient (Wildman–Crippen LogP) is 4.00. The van der Waals surface area contributed by atoms with Gasteiger partial charge in [0.15, 0.2) is 0 Å². The maximum absolute atomic E-state index is 12.3. The minimum atomic E-state index is 0.144. The Bertz CT molecular complexity index is 676. The third kappa shape index (κ3) is 2.41. The zero-order valence-corrected chi connectivity index (χ0v) is 12.1. The van der Waals surface area contributed by atoms with Crippen LogP contribution < -0.4 is 5.32 Å². The molecule has 108 valence electrons. The average Bonchev–Trinajstić information content (AvgIpc) is 3.10.